The number of benzene rings is 1. The highest BCUT2D eigenvalue weighted by Crippen LogP contribution is 2.21. The Morgan fingerprint density at radius 3 is 2.48 bits per heavy atom. The second-order valence-electron chi connectivity index (χ2n) is 5.71. The topological polar surface area (TPSA) is 66.4 Å². The molecule has 0 bridgehead atoms. The van der Waals surface area contributed by atoms with Gasteiger partial charge in [0.15, 0.2) is 0 Å². The van der Waals surface area contributed by atoms with E-state index in [1.54, 1.807) is 24.3 Å². The van der Waals surface area contributed by atoms with Crippen LogP contribution >= 0.6 is 11.6 Å². The number of aliphatic hydroxyl groups excluding tert-OH is 1. The summed E-state index contributed by atoms with van der Waals surface area (Å²) >= 11 is 5.77. The van der Waals surface area contributed by atoms with E-state index in [1.165, 1.54) is 6.08 Å². The number of sulfonamides is 1. The van der Waals surface area contributed by atoms with Crippen molar-refractivity contribution >= 4 is 27.7 Å². The van der Waals surface area contributed by atoms with Crippen LogP contribution in [0.15, 0.2) is 29.7 Å². The first kappa shape index (κ1) is 18.2. The van der Waals surface area contributed by atoms with Crippen LogP contribution in [0.4, 0.5) is 0 Å². The first-order chi connectivity index (χ1) is 9.74. The molecule has 0 aliphatic heterocycles. The quantitative estimate of drug-likeness (QED) is 0.769. The monoisotopic (exact) mass is 331 g/mol. The minimum atomic E-state index is -3.47. The largest absolute Gasteiger partial charge is 0.396 e. The molecule has 0 aromatic heterocycles. The first-order valence-electron chi connectivity index (χ1n) is 6.78. The van der Waals surface area contributed by atoms with Crippen molar-refractivity contribution in [1.82, 2.24) is 4.72 Å². The molecule has 0 aliphatic rings. The van der Waals surface area contributed by atoms with Gasteiger partial charge < -0.3 is 5.11 Å². The number of halogens is 1. The summed E-state index contributed by atoms with van der Waals surface area (Å²) in [6.45, 7) is 4.38. The molecule has 0 unspecified atom stereocenters. The molecule has 0 fully saturated rings. The van der Waals surface area contributed by atoms with Gasteiger partial charge in [0.1, 0.15) is 0 Å². The fourth-order valence-electron chi connectivity index (χ4n) is 1.73. The summed E-state index contributed by atoms with van der Waals surface area (Å²) < 4.78 is 26.4. The van der Waals surface area contributed by atoms with Crippen LogP contribution in [0.3, 0.4) is 0 Å². The number of rotatable bonds is 8. The highest BCUT2D eigenvalue weighted by molar-refractivity contribution is 7.92. The fourth-order valence-corrected chi connectivity index (χ4v) is 2.88. The molecule has 0 radical (unpaired) electrons. The van der Waals surface area contributed by atoms with Crippen LogP contribution in [0.5, 0.6) is 0 Å². The summed E-state index contributed by atoms with van der Waals surface area (Å²) in [5.74, 6) is 0. The lowest BCUT2D eigenvalue weighted by atomic mass is 9.88. The molecule has 0 heterocycles. The molecule has 0 saturated heterocycles. The van der Waals surface area contributed by atoms with Crippen molar-refractivity contribution in [3.8, 4) is 0 Å². The van der Waals surface area contributed by atoms with E-state index in [2.05, 4.69) is 4.72 Å². The highest BCUT2D eigenvalue weighted by atomic mass is 35.5. The van der Waals surface area contributed by atoms with E-state index in [4.69, 9.17) is 16.7 Å². The van der Waals surface area contributed by atoms with Crippen LogP contribution < -0.4 is 4.72 Å². The van der Waals surface area contributed by atoms with Gasteiger partial charge in [-0.3, -0.25) is 0 Å². The predicted molar refractivity (Wildman–Crippen MR) is 87.5 cm³/mol. The number of hydrogen-bond donors (Lipinski definition) is 2. The van der Waals surface area contributed by atoms with Crippen molar-refractivity contribution in [1.29, 1.82) is 0 Å². The Kier molecular flexibility index (Phi) is 6.87. The Hall–Kier alpha value is -0.880. The first-order valence-corrected chi connectivity index (χ1v) is 8.71. The maximum atomic E-state index is 11.9. The third kappa shape index (κ3) is 7.62. The maximum absolute atomic E-state index is 11.9. The van der Waals surface area contributed by atoms with Gasteiger partial charge in [-0.05, 0) is 42.0 Å². The van der Waals surface area contributed by atoms with E-state index in [1.807, 2.05) is 13.8 Å². The lowest BCUT2D eigenvalue weighted by molar-refractivity contribution is 0.242. The van der Waals surface area contributed by atoms with Crippen LogP contribution in [-0.2, 0) is 10.0 Å². The van der Waals surface area contributed by atoms with Gasteiger partial charge >= 0.3 is 0 Å². The average molecular weight is 332 g/mol. The van der Waals surface area contributed by atoms with Crippen molar-refractivity contribution in [2.75, 3.05) is 13.2 Å². The molecule has 0 spiro atoms. The Morgan fingerprint density at radius 1 is 1.29 bits per heavy atom. The Labute approximate surface area is 131 Å². The minimum absolute atomic E-state index is 0.118. The van der Waals surface area contributed by atoms with Crippen molar-refractivity contribution < 1.29 is 13.5 Å². The number of nitrogens with one attached hydrogen (secondary N) is 1. The molecular formula is C15H22ClNO3S. The minimum Gasteiger partial charge on any atom is -0.396 e. The molecular weight excluding hydrogens is 310 g/mol. The number of aliphatic hydroxyl groups is 1. The standard InChI is InChI=1S/C15H22ClNO3S/c1-15(2,9-3-10-18)12-17-21(19,20)11-8-13-4-6-14(16)7-5-13/h4-8,11,17-18H,3,9-10,12H2,1-2H3/b11-8+. The second kappa shape index (κ2) is 7.94. The van der Waals surface area contributed by atoms with Crippen molar-refractivity contribution in [2.24, 2.45) is 5.41 Å². The SMILES string of the molecule is CC(C)(CCCO)CNS(=O)(=O)/C=C/c1ccc(Cl)cc1. The summed E-state index contributed by atoms with van der Waals surface area (Å²) in [6.07, 6.45) is 2.95. The van der Waals surface area contributed by atoms with Crippen LogP contribution in [0.2, 0.25) is 5.02 Å². The molecule has 0 saturated carbocycles. The van der Waals surface area contributed by atoms with E-state index >= 15 is 0 Å². The highest BCUT2D eigenvalue weighted by Gasteiger charge is 2.19. The van der Waals surface area contributed by atoms with Crippen LogP contribution in [0.1, 0.15) is 32.3 Å². The molecule has 21 heavy (non-hydrogen) atoms. The Bertz CT molecular complexity index is 565. The third-order valence-corrected chi connectivity index (χ3v) is 4.37. The third-order valence-electron chi connectivity index (χ3n) is 3.07. The van der Waals surface area contributed by atoms with Gasteiger partial charge in [0.05, 0.1) is 0 Å². The Balaban J connectivity index is 2.59. The Morgan fingerprint density at radius 2 is 1.90 bits per heavy atom. The summed E-state index contributed by atoms with van der Waals surface area (Å²) in [6, 6.07) is 6.91. The van der Waals surface area contributed by atoms with Gasteiger partial charge in [0.25, 0.3) is 0 Å². The van der Waals surface area contributed by atoms with Crippen molar-refractivity contribution in [3.05, 3.63) is 40.3 Å². The molecule has 1 aromatic rings. The van der Waals surface area contributed by atoms with Gasteiger partial charge in [-0.15, -0.1) is 0 Å². The normalized spacial score (nSPS) is 13.0. The zero-order chi connectivity index (χ0) is 15.9. The predicted octanol–water partition coefficient (Wildman–Crippen LogP) is 3.03. The lowest BCUT2D eigenvalue weighted by Crippen LogP contribution is -2.33. The zero-order valence-corrected chi connectivity index (χ0v) is 13.9. The van der Waals surface area contributed by atoms with Gasteiger partial charge in [-0.25, -0.2) is 13.1 Å². The molecule has 4 nitrogen and oxygen atoms in total. The van der Waals surface area contributed by atoms with Crippen LogP contribution in [-0.4, -0.2) is 26.7 Å². The smallest absolute Gasteiger partial charge is 0.233 e. The van der Waals surface area contributed by atoms with Gasteiger partial charge in [-0.1, -0.05) is 37.6 Å². The van der Waals surface area contributed by atoms with E-state index < -0.39 is 10.0 Å². The number of hydrogen-bond acceptors (Lipinski definition) is 3. The molecule has 6 heteroatoms. The molecule has 0 atom stereocenters. The summed E-state index contributed by atoms with van der Waals surface area (Å²) in [7, 11) is -3.47. The lowest BCUT2D eigenvalue weighted by Gasteiger charge is -2.24. The van der Waals surface area contributed by atoms with Gasteiger partial charge in [0, 0.05) is 23.6 Å². The molecule has 0 amide bonds. The summed E-state index contributed by atoms with van der Waals surface area (Å²) in [5.41, 5.74) is 0.577. The van der Waals surface area contributed by atoms with Crippen LogP contribution in [0.25, 0.3) is 6.08 Å². The van der Waals surface area contributed by atoms with Crippen molar-refractivity contribution in [2.45, 2.75) is 26.7 Å². The average Bonchev–Trinajstić information content (AvgIpc) is 2.43. The molecule has 0 aliphatic carbocycles. The van der Waals surface area contributed by atoms with E-state index in [9.17, 15) is 8.42 Å². The molecule has 2 N–H and O–H groups in total. The van der Waals surface area contributed by atoms with Gasteiger partial charge in [-0.2, -0.15) is 0 Å². The zero-order valence-electron chi connectivity index (χ0n) is 12.3. The molecule has 1 rings (SSSR count). The van der Waals surface area contributed by atoms with E-state index in [0.717, 1.165) is 17.4 Å². The summed E-state index contributed by atoms with van der Waals surface area (Å²) in [4.78, 5) is 0. The summed E-state index contributed by atoms with van der Waals surface area (Å²) in [5, 5.41) is 10.6. The fraction of sp³-hybridized carbons (Fsp3) is 0.467. The molecule has 118 valence electrons. The second-order valence-corrected chi connectivity index (χ2v) is 7.80. The van der Waals surface area contributed by atoms with E-state index in [0.29, 0.717) is 18.0 Å². The van der Waals surface area contributed by atoms with E-state index in [-0.39, 0.29) is 12.0 Å². The molecule has 1 aromatic carbocycles. The maximum Gasteiger partial charge on any atom is 0.233 e. The van der Waals surface area contributed by atoms with Gasteiger partial charge in [0.2, 0.25) is 10.0 Å². The van der Waals surface area contributed by atoms with Crippen molar-refractivity contribution in [3.63, 3.8) is 0 Å². The van der Waals surface area contributed by atoms with Crippen LogP contribution in [0, 0.1) is 5.41 Å².